The number of hydrogen-bond acceptors (Lipinski definition) is 6. The number of nitrogens with zero attached hydrogens (tertiary/aromatic N) is 5. The summed E-state index contributed by atoms with van der Waals surface area (Å²) in [6.07, 6.45) is 7.57. The van der Waals surface area contributed by atoms with Crippen molar-refractivity contribution in [2.45, 2.75) is 25.8 Å². The first-order valence-corrected chi connectivity index (χ1v) is 9.16. The van der Waals surface area contributed by atoms with Crippen LogP contribution in [0.1, 0.15) is 19.3 Å². The van der Waals surface area contributed by atoms with Crippen molar-refractivity contribution in [1.29, 1.82) is 0 Å². The third kappa shape index (κ3) is 3.07. The lowest BCUT2D eigenvalue weighted by Crippen LogP contribution is -2.35. The molecular formula is C19H20N6O2. The van der Waals surface area contributed by atoms with Crippen LogP contribution in [-0.4, -0.2) is 39.1 Å². The number of carbonyl (C=O) groups excluding carboxylic acids is 1. The van der Waals surface area contributed by atoms with Gasteiger partial charge in [0, 0.05) is 19.7 Å². The molecule has 0 unspecified atom stereocenters. The second-order valence-electron chi connectivity index (χ2n) is 7.12. The third-order valence-corrected chi connectivity index (χ3v) is 5.15. The van der Waals surface area contributed by atoms with Gasteiger partial charge >= 0.3 is 0 Å². The third-order valence-electron chi connectivity index (χ3n) is 5.15. The highest BCUT2D eigenvalue weighted by molar-refractivity contribution is 5.97. The van der Waals surface area contributed by atoms with E-state index in [0.29, 0.717) is 23.2 Å². The van der Waals surface area contributed by atoms with Gasteiger partial charge in [0.2, 0.25) is 5.88 Å². The molecule has 8 nitrogen and oxygen atoms in total. The molecule has 4 heterocycles. The zero-order valence-electron chi connectivity index (χ0n) is 15.1. The monoisotopic (exact) mass is 364 g/mol. The number of imidazole rings is 1. The van der Waals surface area contributed by atoms with Gasteiger partial charge in [-0.25, -0.2) is 9.97 Å². The first-order chi connectivity index (χ1) is 13.2. The SMILES string of the molecule is CN1C(=O)COc2nc(Nc3cc4c(cn3)ncn4CCC3CC3)ccc21. The molecular weight excluding hydrogens is 344 g/mol. The van der Waals surface area contributed by atoms with Crippen LogP contribution in [-0.2, 0) is 11.3 Å². The summed E-state index contributed by atoms with van der Waals surface area (Å²) in [6, 6.07) is 5.63. The van der Waals surface area contributed by atoms with Gasteiger partial charge in [-0.05, 0) is 24.5 Å². The highest BCUT2D eigenvalue weighted by atomic mass is 16.5. The highest BCUT2D eigenvalue weighted by Crippen LogP contribution is 2.33. The summed E-state index contributed by atoms with van der Waals surface area (Å²) in [5, 5.41) is 3.22. The molecule has 0 spiro atoms. The van der Waals surface area contributed by atoms with Crippen LogP contribution in [0.15, 0.2) is 30.7 Å². The van der Waals surface area contributed by atoms with Crippen molar-refractivity contribution in [3.8, 4) is 5.88 Å². The number of aryl methyl sites for hydroxylation is 1. The Bertz CT molecular complexity index is 1030. The Balaban J connectivity index is 1.39. The molecule has 0 aromatic carbocycles. The average molecular weight is 364 g/mol. The van der Waals surface area contributed by atoms with Crippen molar-refractivity contribution in [2.75, 3.05) is 23.9 Å². The van der Waals surface area contributed by atoms with Gasteiger partial charge in [0.25, 0.3) is 5.91 Å². The summed E-state index contributed by atoms with van der Waals surface area (Å²) in [4.78, 5) is 26.6. The van der Waals surface area contributed by atoms with E-state index in [-0.39, 0.29) is 12.5 Å². The lowest BCUT2D eigenvalue weighted by atomic mass is 10.3. The number of fused-ring (bicyclic) bond motifs is 2. The van der Waals surface area contributed by atoms with E-state index in [0.717, 1.165) is 23.5 Å². The quantitative estimate of drug-likeness (QED) is 0.749. The predicted molar refractivity (Wildman–Crippen MR) is 101 cm³/mol. The maximum atomic E-state index is 11.7. The van der Waals surface area contributed by atoms with Crippen molar-refractivity contribution in [3.05, 3.63) is 30.7 Å². The number of carbonyl (C=O) groups is 1. The van der Waals surface area contributed by atoms with E-state index in [1.165, 1.54) is 19.3 Å². The molecule has 2 aliphatic rings. The predicted octanol–water partition coefficient (Wildman–Crippen LogP) is 2.73. The van der Waals surface area contributed by atoms with E-state index < -0.39 is 0 Å². The Hall–Kier alpha value is -3.16. The second kappa shape index (κ2) is 6.22. The summed E-state index contributed by atoms with van der Waals surface area (Å²) >= 11 is 0. The van der Waals surface area contributed by atoms with Crippen LogP contribution in [0.5, 0.6) is 5.88 Å². The second-order valence-corrected chi connectivity index (χ2v) is 7.12. The Morgan fingerprint density at radius 3 is 3.00 bits per heavy atom. The van der Waals surface area contributed by atoms with Gasteiger partial charge in [0.05, 0.1) is 18.0 Å². The molecule has 1 saturated carbocycles. The van der Waals surface area contributed by atoms with Crippen molar-refractivity contribution < 1.29 is 9.53 Å². The molecule has 1 amide bonds. The van der Waals surface area contributed by atoms with Crippen LogP contribution < -0.4 is 15.0 Å². The molecule has 1 aliphatic carbocycles. The molecule has 1 aliphatic heterocycles. The largest absolute Gasteiger partial charge is 0.466 e. The Morgan fingerprint density at radius 1 is 1.26 bits per heavy atom. The molecule has 8 heteroatoms. The summed E-state index contributed by atoms with van der Waals surface area (Å²) < 4.78 is 7.63. The normalized spacial score (nSPS) is 16.3. The van der Waals surface area contributed by atoms with Gasteiger partial charge < -0.3 is 19.5 Å². The Labute approximate surface area is 156 Å². The van der Waals surface area contributed by atoms with Gasteiger partial charge in [-0.1, -0.05) is 12.8 Å². The highest BCUT2D eigenvalue weighted by Gasteiger charge is 2.24. The molecule has 0 radical (unpaired) electrons. The van der Waals surface area contributed by atoms with Crippen molar-refractivity contribution in [1.82, 2.24) is 19.5 Å². The molecule has 0 atom stereocenters. The van der Waals surface area contributed by atoms with E-state index in [9.17, 15) is 4.79 Å². The first-order valence-electron chi connectivity index (χ1n) is 9.16. The van der Waals surface area contributed by atoms with Gasteiger partial charge in [0.1, 0.15) is 22.8 Å². The molecule has 27 heavy (non-hydrogen) atoms. The van der Waals surface area contributed by atoms with Crippen LogP contribution >= 0.6 is 0 Å². The smallest absolute Gasteiger partial charge is 0.264 e. The maximum absolute atomic E-state index is 11.7. The fourth-order valence-corrected chi connectivity index (χ4v) is 3.29. The molecule has 138 valence electrons. The molecule has 1 fully saturated rings. The maximum Gasteiger partial charge on any atom is 0.264 e. The zero-order valence-corrected chi connectivity index (χ0v) is 15.1. The van der Waals surface area contributed by atoms with Gasteiger partial charge in [-0.2, -0.15) is 4.98 Å². The van der Waals surface area contributed by atoms with Crippen LogP contribution in [0.2, 0.25) is 0 Å². The number of rotatable bonds is 5. The van der Waals surface area contributed by atoms with E-state index in [1.807, 2.05) is 24.5 Å². The van der Waals surface area contributed by atoms with Crippen molar-refractivity contribution in [3.63, 3.8) is 0 Å². The molecule has 3 aromatic heterocycles. The minimum atomic E-state index is -0.0865. The summed E-state index contributed by atoms with van der Waals surface area (Å²) in [6.45, 7) is 0.986. The number of ether oxygens (including phenoxy) is 1. The summed E-state index contributed by atoms with van der Waals surface area (Å²) in [5.74, 6) is 2.55. The number of likely N-dealkylation sites (N-methyl/N-ethyl adjacent to an activating group) is 1. The molecule has 0 bridgehead atoms. The lowest BCUT2D eigenvalue weighted by Gasteiger charge is -2.25. The van der Waals surface area contributed by atoms with Crippen molar-refractivity contribution >= 4 is 34.3 Å². The topological polar surface area (TPSA) is 85.2 Å². The molecule has 3 aromatic rings. The number of pyridine rings is 2. The zero-order chi connectivity index (χ0) is 18.4. The average Bonchev–Trinajstić information content (AvgIpc) is 3.43. The number of nitrogens with one attached hydrogen (secondary N) is 1. The van der Waals surface area contributed by atoms with E-state index in [2.05, 4.69) is 24.8 Å². The minimum Gasteiger partial charge on any atom is -0.466 e. The van der Waals surface area contributed by atoms with Gasteiger partial charge in [-0.15, -0.1) is 0 Å². The molecule has 1 N–H and O–H groups in total. The number of amides is 1. The number of aromatic nitrogens is 4. The minimum absolute atomic E-state index is 0.00431. The van der Waals surface area contributed by atoms with E-state index in [1.54, 1.807) is 18.1 Å². The fourth-order valence-electron chi connectivity index (χ4n) is 3.29. The Kier molecular flexibility index (Phi) is 3.70. The summed E-state index contributed by atoms with van der Waals surface area (Å²) in [7, 11) is 1.72. The van der Waals surface area contributed by atoms with Crippen molar-refractivity contribution in [2.24, 2.45) is 5.92 Å². The van der Waals surface area contributed by atoms with E-state index >= 15 is 0 Å². The lowest BCUT2D eigenvalue weighted by molar-refractivity contribution is -0.121. The molecule has 5 rings (SSSR count). The number of anilines is 3. The molecule has 0 saturated heterocycles. The standard InChI is InChI=1S/C19H20N6O2/c1-24-14-4-5-16(23-19(14)27-10-18(24)26)22-17-8-15-13(9-20-17)21-11-25(15)7-6-12-2-3-12/h4-5,8-9,11-12H,2-3,6-7,10H2,1H3,(H,20,22,23). The van der Waals surface area contributed by atoms with Crippen LogP contribution in [0.3, 0.4) is 0 Å². The van der Waals surface area contributed by atoms with Crippen LogP contribution in [0.25, 0.3) is 11.0 Å². The fraction of sp³-hybridized carbons (Fsp3) is 0.368. The van der Waals surface area contributed by atoms with Crippen LogP contribution in [0.4, 0.5) is 17.3 Å². The number of hydrogen-bond donors (Lipinski definition) is 1. The Morgan fingerprint density at radius 2 is 2.15 bits per heavy atom. The van der Waals surface area contributed by atoms with Crippen LogP contribution in [0, 0.1) is 5.92 Å². The first kappa shape index (κ1) is 16.0. The summed E-state index contributed by atoms with van der Waals surface area (Å²) in [5.41, 5.74) is 2.62. The van der Waals surface area contributed by atoms with Gasteiger partial charge in [0.15, 0.2) is 6.61 Å². The van der Waals surface area contributed by atoms with E-state index in [4.69, 9.17) is 4.74 Å². The van der Waals surface area contributed by atoms with Gasteiger partial charge in [-0.3, -0.25) is 4.79 Å².